The van der Waals surface area contributed by atoms with Gasteiger partial charge in [-0.3, -0.25) is 0 Å². The van der Waals surface area contributed by atoms with Crippen LogP contribution in [0.3, 0.4) is 0 Å². The van der Waals surface area contributed by atoms with Gasteiger partial charge >= 0.3 is 0 Å². The van der Waals surface area contributed by atoms with Crippen molar-refractivity contribution in [1.82, 2.24) is 0 Å². The van der Waals surface area contributed by atoms with Gasteiger partial charge in [0, 0.05) is 0 Å². The Morgan fingerprint density at radius 3 is 1.04 bits per heavy atom. The molecule has 7 aromatic rings. The summed E-state index contributed by atoms with van der Waals surface area (Å²) in [5.41, 5.74) is 15.5. The van der Waals surface area contributed by atoms with Crippen molar-refractivity contribution < 1.29 is 0 Å². The average Bonchev–Trinajstić information content (AvgIpc) is 3.11. The summed E-state index contributed by atoms with van der Waals surface area (Å²) in [5, 5.41) is 0. The Morgan fingerprint density at radius 1 is 0.304 bits per heavy atom. The first kappa shape index (κ1) is 29.3. The van der Waals surface area contributed by atoms with Crippen molar-refractivity contribution >= 4 is 0 Å². The minimum absolute atomic E-state index is 0.598. The van der Waals surface area contributed by atoms with Crippen LogP contribution in [0.25, 0.3) is 33.4 Å². The SMILES string of the molecule is Cc1ccc(C(c2ccc(C)cc2)(c2ccc(C)cc2)c2ccc(-c3ccccc3)c(-c3ccccc3)c2-c2ccccc2)cc1. The first-order valence-electron chi connectivity index (χ1n) is 16.1. The highest BCUT2D eigenvalue weighted by Crippen LogP contribution is 2.52. The molecule has 0 bridgehead atoms. The number of hydrogen-bond acceptors (Lipinski definition) is 0. The maximum atomic E-state index is 2.40. The molecule has 0 aliphatic rings. The zero-order chi connectivity index (χ0) is 31.5. The van der Waals surface area contributed by atoms with E-state index in [0.29, 0.717) is 0 Å². The summed E-state index contributed by atoms with van der Waals surface area (Å²) in [6.45, 7) is 6.50. The highest BCUT2D eigenvalue weighted by molar-refractivity contribution is 5.97. The second-order valence-electron chi connectivity index (χ2n) is 12.4. The summed E-state index contributed by atoms with van der Waals surface area (Å²) >= 11 is 0. The summed E-state index contributed by atoms with van der Waals surface area (Å²) in [6, 6.07) is 65.0. The third kappa shape index (κ3) is 5.27. The molecule has 0 saturated heterocycles. The van der Waals surface area contributed by atoms with Gasteiger partial charge < -0.3 is 0 Å². The molecule has 0 N–H and O–H groups in total. The monoisotopic (exact) mass is 590 g/mol. The van der Waals surface area contributed by atoms with Crippen molar-refractivity contribution in [3.63, 3.8) is 0 Å². The normalized spacial score (nSPS) is 11.4. The van der Waals surface area contributed by atoms with E-state index < -0.39 is 5.41 Å². The molecule has 0 aromatic heterocycles. The van der Waals surface area contributed by atoms with Crippen LogP contribution in [0.1, 0.15) is 38.9 Å². The summed E-state index contributed by atoms with van der Waals surface area (Å²) in [4.78, 5) is 0. The maximum absolute atomic E-state index is 2.40. The minimum atomic E-state index is -0.598. The highest BCUT2D eigenvalue weighted by Gasteiger charge is 2.41. The number of hydrogen-bond donors (Lipinski definition) is 0. The lowest BCUT2D eigenvalue weighted by atomic mass is 9.62. The van der Waals surface area contributed by atoms with E-state index in [1.807, 2.05) is 0 Å². The molecule has 0 aliphatic carbocycles. The van der Waals surface area contributed by atoms with E-state index in [4.69, 9.17) is 0 Å². The molecule has 0 saturated carbocycles. The first-order chi connectivity index (χ1) is 22.6. The molecule has 0 nitrogen and oxygen atoms in total. The third-order valence-electron chi connectivity index (χ3n) is 9.27. The quantitative estimate of drug-likeness (QED) is 0.162. The van der Waals surface area contributed by atoms with Crippen LogP contribution in [0.2, 0.25) is 0 Å². The molecular formula is C46H38. The molecule has 0 heteroatoms. The van der Waals surface area contributed by atoms with E-state index in [2.05, 4.69) is 197 Å². The van der Waals surface area contributed by atoms with Crippen molar-refractivity contribution in [1.29, 1.82) is 0 Å². The van der Waals surface area contributed by atoms with Gasteiger partial charge in [0.25, 0.3) is 0 Å². The lowest BCUT2D eigenvalue weighted by Gasteiger charge is -2.39. The Hall–Kier alpha value is -5.46. The van der Waals surface area contributed by atoms with E-state index in [1.165, 1.54) is 72.3 Å². The van der Waals surface area contributed by atoms with E-state index in [-0.39, 0.29) is 0 Å². The van der Waals surface area contributed by atoms with Gasteiger partial charge in [0.05, 0.1) is 5.41 Å². The van der Waals surface area contributed by atoms with Crippen LogP contribution >= 0.6 is 0 Å². The predicted octanol–water partition coefficient (Wildman–Crippen LogP) is 12.0. The van der Waals surface area contributed by atoms with Crippen LogP contribution in [0.5, 0.6) is 0 Å². The van der Waals surface area contributed by atoms with Crippen molar-refractivity contribution in [3.05, 3.63) is 215 Å². The van der Waals surface area contributed by atoms with Crippen LogP contribution in [0.4, 0.5) is 0 Å². The number of aryl methyl sites for hydroxylation is 3. The zero-order valence-corrected chi connectivity index (χ0v) is 26.7. The van der Waals surface area contributed by atoms with E-state index >= 15 is 0 Å². The smallest absolute Gasteiger partial charge is 0.0622 e. The van der Waals surface area contributed by atoms with Gasteiger partial charge in [-0.15, -0.1) is 0 Å². The van der Waals surface area contributed by atoms with Crippen LogP contribution in [-0.2, 0) is 5.41 Å². The van der Waals surface area contributed by atoms with Gasteiger partial charge in [-0.2, -0.15) is 0 Å². The minimum Gasteiger partial charge on any atom is -0.0622 e. The number of benzene rings is 7. The van der Waals surface area contributed by atoms with Crippen molar-refractivity contribution in [2.45, 2.75) is 26.2 Å². The Labute approximate surface area is 273 Å². The molecule has 0 aliphatic heterocycles. The zero-order valence-electron chi connectivity index (χ0n) is 26.7. The van der Waals surface area contributed by atoms with Gasteiger partial charge in [-0.05, 0) is 76.4 Å². The molecule has 0 spiro atoms. The highest BCUT2D eigenvalue weighted by atomic mass is 14.4. The van der Waals surface area contributed by atoms with E-state index in [9.17, 15) is 0 Å². The molecule has 0 fully saturated rings. The van der Waals surface area contributed by atoms with E-state index in [0.717, 1.165) is 0 Å². The van der Waals surface area contributed by atoms with Crippen LogP contribution in [-0.4, -0.2) is 0 Å². The standard InChI is InChI=1S/C46H38/c1-33-19-25-39(26-20-33)46(40-27-21-34(2)22-28-40,41-29-23-35(3)24-30-41)43-32-31-42(36-13-7-4-8-14-36)44(37-15-9-5-10-16-37)45(43)38-17-11-6-12-18-38/h4-32H,1-3H3. The molecule has 0 heterocycles. The van der Waals surface area contributed by atoms with Crippen molar-refractivity contribution in [2.24, 2.45) is 0 Å². The van der Waals surface area contributed by atoms with Crippen LogP contribution in [0, 0.1) is 20.8 Å². The molecule has 0 atom stereocenters. The average molecular weight is 591 g/mol. The maximum Gasteiger partial charge on any atom is 0.0707 e. The Morgan fingerprint density at radius 2 is 0.652 bits per heavy atom. The summed E-state index contributed by atoms with van der Waals surface area (Å²) < 4.78 is 0. The fourth-order valence-electron chi connectivity index (χ4n) is 6.96. The summed E-state index contributed by atoms with van der Waals surface area (Å²) in [5.74, 6) is 0. The van der Waals surface area contributed by atoms with Gasteiger partial charge in [-0.1, -0.05) is 193 Å². The summed E-state index contributed by atoms with van der Waals surface area (Å²) in [7, 11) is 0. The fourth-order valence-corrected chi connectivity index (χ4v) is 6.96. The Bertz CT molecular complexity index is 1940. The topological polar surface area (TPSA) is 0 Å². The molecular weight excluding hydrogens is 553 g/mol. The van der Waals surface area contributed by atoms with Gasteiger partial charge in [0.15, 0.2) is 0 Å². The second kappa shape index (κ2) is 12.5. The van der Waals surface area contributed by atoms with Crippen molar-refractivity contribution in [2.75, 3.05) is 0 Å². The molecule has 7 rings (SSSR count). The largest absolute Gasteiger partial charge is 0.0707 e. The molecule has 0 amide bonds. The molecule has 222 valence electrons. The predicted molar refractivity (Wildman–Crippen MR) is 195 cm³/mol. The van der Waals surface area contributed by atoms with Crippen LogP contribution in [0.15, 0.2) is 176 Å². The fraction of sp³-hybridized carbons (Fsp3) is 0.0870. The van der Waals surface area contributed by atoms with Gasteiger partial charge in [-0.25, -0.2) is 0 Å². The molecule has 46 heavy (non-hydrogen) atoms. The lowest BCUT2D eigenvalue weighted by molar-refractivity contribution is 0.746. The van der Waals surface area contributed by atoms with Gasteiger partial charge in [0.1, 0.15) is 0 Å². The third-order valence-corrected chi connectivity index (χ3v) is 9.27. The Balaban J connectivity index is 1.72. The van der Waals surface area contributed by atoms with E-state index in [1.54, 1.807) is 0 Å². The molecule has 7 aromatic carbocycles. The lowest BCUT2D eigenvalue weighted by Crippen LogP contribution is -2.32. The first-order valence-corrected chi connectivity index (χ1v) is 16.1. The van der Waals surface area contributed by atoms with Gasteiger partial charge in [0.2, 0.25) is 0 Å². The van der Waals surface area contributed by atoms with Crippen molar-refractivity contribution in [3.8, 4) is 33.4 Å². The molecule has 0 radical (unpaired) electrons. The number of rotatable bonds is 7. The molecule has 0 unspecified atom stereocenters. The van der Waals surface area contributed by atoms with Crippen LogP contribution < -0.4 is 0 Å². The Kier molecular flexibility index (Phi) is 7.95. The summed E-state index contributed by atoms with van der Waals surface area (Å²) in [6.07, 6.45) is 0. The second-order valence-corrected chi connectivity index (χ2v) is 12.4.